The molecule has 7 heteroatoms. The number of para-hydroxylation sites is 2. The molecular formula is C20H15N3O3S. The van der Waals surface area contributed by atoms with E-state index in [-0.39, 0.29) is 17.9 Å². The second-order valence-corrected chi connectivity index (χ2v) is 6.90. The number of thiazole rings is 1. The van der Waals surface area contributed by atoms with Crippen LogP contribution >= 0.6 is 11.3 Å². The Labute approximate surface area is 158 Å². The lowest BCUT2D eigenvalue weighted by atomic mass is 10.1. The predicted octanol–water partition coefficient (Wildman–Crippen LogP) is 3.68. The average molecular weight is 377 g/mol. The molecule has 0 atom stereocenters. The molecule has 0 saturated carbocycles. The quantitative estimate of drug-likeness (QED) is 0.531. The number of nitrogens with zero attached hydrogens (tertiary/aromatic N) is 2. The molecule has 2 aromatic heterocycles. The third kappa shape index (κ3) is 2.88. The Morgan fingerprint density at radius 1 is 1.22 bits per heavy atom. The number of hydrogen-bond donors (Lipinski definition) is 2. The van der Waals surface area contributed by atoms with E-state index in [0.717, 1.165) is 10.2 Å². The van der Waals surface area contributed by atoms with Crippen LogP contribution in [0.25, 0.3) is 21.1 Å². The number of H-pyrrole nitrogens is 1. The van der Waals surface area contributed by atoms with Gasteiger partial charge in [0.15, 0.2) is 5.13 Å². The summed E-state index contributed by atoms with van der Waals surface area (Å²) in [6, 6.07) is 14.3. The molecular weight excluding hydrogens is 362 g/mol. The number of carbonyl (C=O) groups excluding carboxylic acids is 1. The zero-order valence-corrected chi connectivity index (χ0v) is 15.0. The van der Waals surface area contributed by atoms with Crippen LogP contribution in [0.15, 0.2) is 66.0 Å². The molecule has 134 valence electrons. The molecule has 2 N–H and O–H groups in total. The van der Waals surface area contributed by atoms with Crippen LogP contribution < -0.4 is 10.5 Å². The van der Waals surface area contributed by atoms with E-state index in [4.69, 9.17) is 0 Å². The number of hydrogen-bond acceptors (Lipinski definition) is 5. The zero-order valence-electron chi connectivity index (χ0n) is 14.2. The fourth-order valence-corrected chi connectivity index (χ4v) is 3.88. The van der Waals surface area contributed by atoms with Gasteiger partial charge in [-0.05, 0) is 24.3 Å². The molecule has 0 aliphatic rings. The maximum atomic E-state index is 13.2. The molecule has 4 rings (SSSR count). The number of aromatic amines is 1. The standard InChI is InChI=1S/C20H15N3O3S/c1-2-11-23(20-22-14-9-5-6-10-15(14)27-20)19(26)16-17(24)12-7-3-4-8-13(12)21-18(16)25/h2-10H,1,11H2,(H2,21,24,25). The zero-order chi connectivity index (χ0) is 19.0. The number of aromatic nitrogens is 2. The minimum Gasteiger partial charge on any atom is -0.506 e. The van der Waals surface area contributed by atoms with E-state index in [1.807, 2.05) is 24.3 Å². The molecule has 0 saturated heterocycles. The Kier molecular flexibility index (Phi) is 4.21. The van der Waals surface area contributed by atoms with E-state index in [1.165, 1.54) is 16.2 Å². The van der Waals surface area contributed by atoms with Crippen molar-refractivity contribution >= 4 is 43.5 Å². The van der Waals surface area contributed by atoms with Gasteiger partial charge < -0.3 is 10.1 Å². The second-order valence-electron chi connectivity index (χ2n) is 5.89. The summed E-state index contributed by atoms with van der Waals surface area (Å²) in [5, 5.41) is 11.4. The average Bonchev–Trinajstić information content (AvgIpc) is 3.09. The van der Waals surface area contributed by atoms with Crippen molar-refractivity contribution in [1.82, 2.24) is 9.97 Å². The van der Waals surface area contributed by atoms with Gasteiger partial charge in [0.25, 0.3) is 11.5 Å². The van der Waals surface area contributed by atoms with E-state index in [2.05, 4.69) is 16.5 Å². The van der Waals surface area contributed by atoms with Crippen LogP contribution in [0.2, 0.25) is 0 Å². The fraction of sp³-hybridized carbons (Fsp3) is 0.0500. The third-order valence-electron chi connectivity index (χ3n) is 4.18. The Bertz CT molecular complexity index is 1210. The van der Waals surface area contributed by atoms with Crippen LogP contribution in [-0.4, -0.2) is 27.5 Å². The van der Waals surface area contributed by atoms with Gasteiger partial charge in [-0.2, -0.15) is 0 Å². The second kappa shape index (κ2) is 6.69. The largest absolute Gasteiger partial charge is 0.506 e. The molecule has 1 amide bonds. The highest BCUT2D eigenvalue weighted by molar-refractivity contribution is 7.22. The molecule has 0 spiro atoms. The number of amides is 1. The highest BCUT2D eigenvalue weighted by atomic mass is 32.1. The molecule has 0 fully saturated rings. The van der Waals surface area contributed by atoms with Crippen LogP contribution in [0.3, 0.4) is 0 Å². The minimum absolute atomic E-state index is 0.157. The smallest absolute Gasteiger partial charge is 0.269 e. The van der Waals surface area contributed by atoms with Gasteiger partial charge >= 0.3 is 0 Å². The van der Waals surface area contributed by atoms with Gasteiger partial charge in [-0.15, -0.1) is 6.58 Å². The summed E-state index contributed by atoms with van der Waals surface area (Å²) >= 11 is 1.34. The van der Waals surface area contributed by atoms with Gasteiger partial charge in [0, 0.05) is 11.9 Å². The molecule has 0 aliphatic heterocycles. The predicted molar refractivity (Wildman–Crippen MR) is 108 cm³/mol. The lowest BCUT2D eigenvalue weighted by Gasteiger charge is -2.18. The molecule has 0 radical (unpaired) electrons. The third-order valence-corrected chi connectivity index (χ3v) is 5.24. The minimum atomic E-state index is -0.647. The number of aromatic hydroxyl groups is 1. The molecule has 27 heavy (non-hydrogen) atoms. The van der Waals surface area contributed by atoms with Crippen molar-refractivity contribution < 1.29 is 9.90 Å². The monoisotopic (exact) mass is 377 g/mol. The Balaban J connectivity index is 1.87. The van der Waals surface area contributed by atoms with Gasteiger partial charge in [0.1, 0.15) is 11.3 Å². The molecule has 0 aliphatic carbocycles. The number of fused-ring (bicyclic) bond motifs is 2. The Morgan fingerprint density at radius 2 is 1.96 bits per heavy atom. The van der Waals surface area contributed by atoms with Crippen LogP contribution in [0.1, 0.15) is 10.4 Å². The SMILES string of the molecule is C=CCN(C(=O)c1c(O)c2ccccc2[nH]c1=O)c1nc2ccccc2s1. The van der Waals surface area contributed by atoms with Gasteiger partial charge in [-0.1, -0.05) is 41.7 Å². The maximum Gasteiger partial charge on any atom is 0.269 e. The maximum absolute atomic E-state index is 13.2. The first-order chi connectivity index (χ1) is 13.1. The van der Waals surface area contributed by atoms with Crippen LogP contribution in [-0.2, 0) is 0 Å². The molecule has 4 aromatic rings. The van der Waals surface area contributed by atoms with Crippen molar-refractivity contribution in [3.8, 4) is 5.75 Å². The van der Waals surface area contributed by atoms with Crippen molar-refractivity contribution in [2.24, 2.45) is 0 Å². The van der Waals surface area contributed by atoms with Gasteiger partial charge in [-0.3, -0.25) is 14.5 Å². The van der Waals surface area contributed by atoms with E-state index in [9.17, 15) is 14.7 Å². The molecule has 2 aromatic carbocycles. The van der Waals surface area contributed by atoms with Crippen LogP contribution in [0.4, 0.5) is 5.13 Å². The number of pyridine rings is 1. The summed E-state index contributed by atoms with van der Waals surface area (Å²) in [4.78, 5) is 34.1. The van der Waals surface area contributed by atoms with E-state index < -0.39 is 11.5 Å². The normalized spacial score (nSPS) is 11.0. The van der Waals surface area contributed by atoms with Crippen molar-refractivity contribution in [1.29, 1.82) is 0 Å². The first-order valence-electron chi connectivity index (χ1n) is 8.22. The topological polar surface area (TPSA) is 86.3 Å². The summed E-state index contributed by atoms with van der Waals surface area (Å²) < 4.78 is 0.922. The van der Waals surface area contributed by atoms with E-state index in [1.54, 1.807) is 30.3 Å². The Morgan fingerprint density at radius 3 is 2.74 bits per heavy atom. The van der Waals surface area contributed by atoms with E-state index in [0.29, 0.717) is 16.0 Å². The van der Waals surface area contributed by atoms with Crippen molar-refractivity contribution in [2.75, 3.05) is 11.4 Å². The summed E-state index contributed by atoms with van der Waals surface area (Å²) in [7, 11) is 0. The lowest BCUT2D eigenvalue weighted by Crippen LogP contribution is -2.35. The number of benzene rings is 2. The van der Waals surface area contributed by atoms with Crippen molar-refractivity contribution in [3.63, 3.8) is 0 Å². The summed E-state index contributed by atoms with van der Waals surface area (Å²) in [6.45, 7) is 3.84. The number of nitrogens with one attached hydrogen (secondary N) is 1. The lowest BCUT2D eigenvalue weighted by molar-refractivity contribution is 0.0986. The molecule has 0 unspecified atom stereocenters. The van der Waals surface area contributed by atoms with Gasteiger partial charge in [-0.25, -0.2) is 4.98 Å². The van der Waals surface area contributed by atoms with Gasteiger partial charge in [0.05, 0.1) is 15.7 Å². The number of carbonyl (C=O) groups is 1. The summed E-state index contributed by atoms with van der Waals surface area (Å²) in [5.41, 5.74) is 0.268. The van der Waals surface area contributed by atoms with Crippen molar-refractivity contribution in [3.05, 3.63) is 77.1 Å². The van der Waals surface area contributed by atoms with Crippen LogP contribution in [0, 0.1) is 0 Å². The van der Waals surface area contributed by atoms with Gasteiger partial charge in [0.2, 0.25) is 0 Å². The highest BCUT2D eigenvalue weighted by Gasteiger charge is 2.26. The molecule has 2 heterocycles. The first-order valence-corrected chi connectivity index (χ1v) is 9.04. The summed E-state index contributed by atoms with van der Waals surface area (Å²) in [5.74, 6) is -0.965. The van der Waals surface area contributed by atoms with Crippen molar-refractivity contribution in [2.45, 2.75) is 0 Å². The fourth-order valence-electron chi connectivity index (χ4n) is 2.91. The Hall–Kier alpha value is -3.45. The summed E-state index contributed by atoms with van der Waals surface area (Å²) in [6.07, 6.45) is 1.55. The van der Waals surface area contributed by atoms with E-state index >= 15 is 0 Å². The van der Waals surface area contributed by atoms with Crippen LogP contribution in [0.5, 0.6) is 5.75 Å². The number of rotatable bonds is 4. The molecule has 6 nitrogen and oxygen atoms in total. The molecule has 0 bridgehead atoms. The first kappa shape index (κ1) is 17.0. The highest BCUT2D eigenvalue weighted by Crippen LogP contribution is 2.31. The number of anilines is 1.